The fourth-order valence-corrected chi connectivity index (χ4v) is 3.61. The maximum atomic E-state index is 12.3. The summed E-state index contributed by atoms with van der Waals surface area (Å²) < 4.78 is 23.3. The van der Waals surface area contributed by atoms with Crippen molar-refractivity contribution in [3.05, 3.63) is 58.6 Å². The van der Waals surface area contributed by atoms with Gasteiger partial charge in [-0.2, -0.15) is 0 Å². The van der Waals surface area contributed by atoms with Gasteiger partial charge in [-0.3, -0.25) is 4.79 Å². The fraction of sp³-hybridized carbons (Fsp3) is 0.381. The van der Waals surface area contributed by atoms with Gasteiger partial charge in [-0.25, -0.2) is 8.42 Å². The van der Waals surface area contributed by atoms with Gasteiger partial charge < -0.3 is 10.6 Å². The molecule has 1 amide bonds. The molecule has 0 aliphatic rings. The smallest absolute Gasteiger partial charge is 0.238 e. The van der Waals surface area contributed by atoms with Gasteiger partial charge in [0.1, 0.15) is 0 Å². The van der Waals surface area contributed by atoms with Crippen LogP contribution in [0.3, 0.4) is 0 Å². The van der Waals surface area contributed by atoms with Crippen LogP contribution >= 0.6 is 11.6 Å². The number of rotatable bonds is 8. The van der Waals surface area contributed by atoms with Gasteiger partial charge in [-0.15, -0.1) is 0 Å². The van der Waals surface area contributed by atoms with Gasteiger partial charge in [0.25, 0.3) is 0 Å². The maximum absolute atomic E-state index is 12.3. The van der Waals surface area contributed by atoms with Crippen LogP contribution in [0.5, 0.6) is 0 Å². The second-order valence-corrected chi connectivity index (χ2v) is 9.83. The van der Waals surface area contributed by atoms with Crippen LogP contribution in [0.2, 0.25) is 5.02 Å². The van der Waals surface area contributed by atoms with E-state index in [1.165, 1.54) is 23.8 Å². The van der Waals surface area contributed by atoms with Crippen LogP contribution in [0.1, 0.15) is 37.9 Å². The zero-order valence-electron chi connectivity index (χ0n) is 16.6. The Bertz CT molecular complexity index is 925. The first kappa shape index (κ1) is 22.4. The molecule has 0 heterocycles. The summed E-state index contributed by atoms with van der Waals surface area (Å²) in [6, 6.07) is 12.6. The Labute approximate surface area is 172 Å². The molecule has 5 nitrogen and oxygen atoms in total. The number of amides is 1. The Hall–Kier alpha value is -1.89. The molecule has 0 bridgehead atoms. The molecule has 2 aromatic rings. The minimum absolute atomic E-state index is 0.00308. The van der Waals surface area contributed by atoms with Crippen molar-refractivity contribution in [2.24, 2.45) is 5.92 Å². The summed E-state index contributed by atoms with van der Waals surface area (Å²) in [7, 11) is -3.38. The zero-order chi connectivity index (χ0) is 20.9. The van der Waals surface area contributed by atoms with Gasteiger partial charge in [0.05, 0.1) is 22.2 Å². The maximum Gasteiger partial charge on any atom is 0.238 e. The quantitative estimate of drug-likeness (QED) is 0.667. The molecule has 0 fully saturated rings. The minimum atomic E-state index is -3.38. The molecule has 2 rings (SSSR count). The molecule has 0 aliphatic carbocycles. The van der Waals surface area contributed by atoms with Crippen molar-refractivity contribution in [2.45, 2.75) is 38.1 Å². The number of anilines is 1. The van der Waals surface area contributed by atoms with Crippen LogP contribution < -0.4 is 10.6 Å². The SMILES string of the molecule is CC(C)Cc1ccc(C(C)NCC(=O)Nc2cc(S(C)(=O)=O)ccc2Cl)cc1. The number of carbonyl (C=O) groups is 1. The van der Waals surface area contributed by atoms with E-state index in [0.29, 0.717) is 5.92 Å². The van der Waals surface area contributed by atoms with Crippen molar-refractivity contribution in [3.63, 3.8) is 0 Å². The lowest BCUT2D eigenvalue weighted by Gasteiger charge is -2.15. The molecule has 0 aromatic heterocycles. The largest absolute Gasteiger partial charge is 0.324 e. The van der Waals surface area contributed by atoms with Gasteiger partial charge in [0.15, 0.2) is 9.84 Å². The third kappa shape index (κ3) is 6.62. The topological polar surface area (TPSA) is 75.3 Å². The molecule has 2 N–H and O–H groups in total. The van der Waals surface area contributed by atoms with Crippen LogP contribution in [-0.4, -0.2) is 27.1 Å². The fourth-order valence-electron chi connectivity index (χ4n) is 2.80. The van der Waals surface area contributed by atoms with Crippen molar-refractivity contribution in [3.8, 4) is 0 Å². The predicted molar refractivity (Wildman–Crippen MR) is 115 cm³/mol. The average Bonchev–Trinajstić information content (AvgIpc) is 2.60. The molecule has 0 saturated heterocycles. The number of hydrogen-bond acceptors (Lipinski definition) is 4. The third-order valence-electron chi connectivity index (χ3n) is 4.33. The molecule has 0 spiro atoms. The number of hydrogen-bond donors (Lipinski definition) is 2. The number of carbonyl (C=O) groups excluding carboxylic acids is 1. The molecule has 0 saturated carbocycles. The molecule has 0 aliphatic heterocycles. The van der Waals surface area contributed by atoms with Gasteiger partial charge >= 0.3 is 0 Å². The van der Waals surface area contributed by atoms with E-state index in [-0.39, 0.29) is 34.1 Å². The second kappa shape index (κ2) is 9.54. The summed E-state index contributed by atoms with van der Waals surface area (Å²) in [4.78, 5) is 12.4. The highest BCUT2D eigenvalue weighted by molar-refractivity contribution is 7.90. The van der Waals surface area contributed by atoms with Gasteiger partial charge in [-0.1, -0.05) is 49.7 Å². The van der Waals surface area contributed by atoms with Crippen molar-refractivity contribution in [1.29, 1.82) is 0 Å². The highest BCUT2D eigenvalue weighted by Crippen LogP contribution is 2.25. The lowest BCUT2D eigenvalue weighted by atomic mass is 10.00. The Morgan fingerprint density at radius 3 is 2.29 bits per heavy atom. The number of halogens is 1. The lowest BCUT2D eigenvalue weighted by Crippen LogP contribution is -2.30. The first-order valence-electron chi connectivity index (χ1n) is 9.18. The summed E-state index contributed by atoms with van der Waals surface area (Å²) in [5, 5.41) is 6.12. The van der Waals surface area contributed by atoms with Gasteiger partial charge in [-0.05, 0) is 48.6 Å². The molecule has 1 unspecified atom stereocenters. The number of nitrogens with one attached hydrogen (secondary N) is 2. The molecule has 2 aromatic carbocycles. The normalized spacial score (nSPS) is 12.8. The van der Waals surface area contributed by atoms with Crippen LogP contribution in [-0.2, 0) is 21.1 Å². The Morgan fingerprint density at radius 2 is 1.71 bits per heavy atom. The van der Waals surface area contributed by atoms with Crippen molar-refractivity contribution < 1.29 is 13.2 Å². The minimum Gasteiger partial charge on any atom is -0.324 e. The highest BCUT2D eigenvalue weighted by atomic mass is 35.5. The average molecular weight is 423 g/mol. The molecule has 1 atom stereocenters. The summed E-state index contributed by atoms with van der Waals surface area (Å²) >= 11 is 6.07. The highest BCUT2D eigenvalue weighted by Gasteiger charge is 2.13. The van der Waals surface area contributed by atoms with E-state index < -0.39 is 9.84 Å². The zero-order valence-corrected chi connectivity index (χ0v) is 18.2. The number of sulfone groups is 1. The summed E-state index contributed by atoms with van der Waals surface area (Å²) in [6.45, 7) is 6.44. The molecular formula is C21H27ClN2O3S. The standard InChI is InChI=1S/C21H27ClN2O3S/c1-14(2)11-16-5-7-17(8-6-16)15(3)23-13-21(25)24-20-12-18(28(4,26)27)9-10-19(20)22/h5-10,12,14-15,23H,11,13H2,1-4H3,(H,24,25). The third-order valence-corrected chi connectivity index (χ3v) is 5.77. The predicted octanol–water partition coefficient (Wildman–Crippen LogP) is 4.23. The second-order valence-electron chi connectivity index (χ2n) is 7.40. The monoisotopic (exact) mass is 422 g/mol. The molecule has 0 radical (unpaired) electrons. The first-order chi connectivity index (χ1) is 13.1. The number of benzene rings is 2. The molecule has 28 heavy (non-hydrogen) atoms. The van der Waals surface area contributed by atoms with E-state index in [9.17, 15) is 13.2 Å². The van der Waals surface area contributed by atoms with E-state index in [2.05, 4.69) is 48.7 Å². The van der Waals surface area contributed by atoms with Crippen LogP contribution in [0.4, 0.5) is 5.69 Å². The molecular weight excluding hydrogens is 396 g/mol. The van der Waals surface area contributed by atoms with Crippen LogP contribution in [0, 0.1) is 5.92 Å². The Balaban J connectivity index is 1.95. The summed E-state index contributed by atoms with van der Waals surface area (Å²) in [5.74, 6) is 0.314. The molecule has 7 heteroatoms. The summed E-state index contributed by atoms with van der Waals surface area (Å²) in [5.41, 5.74) is 2.67. The molecule has 152 valence electrons. The van der Waals surface area contributed by atoms with E-state index in [0.717, 1.165) is 18.2 Å². The summed E-state index contributed by atoms with van der Waals surface area (Å²) in [6.07, 6.45) is 2.15. The van der Waals surface area contributed by atoms with Gasteiger partial charge in [0, 0.05) is 12.3 Å². The van der Waals surface area contributed by atoms with E-state index in [1.807, 2.05) is 6.92 Å². The lowest BCUT2D eigenvalue weighted by molar-refractivity contribution is -0.115. The van der Waals surface area contributed by atoms with Crippen molar-refractivity contribution in [2.75, 3.05) is 18.1 Å². The van der Waals surface area contributed by atoms with Crippen LogP contribution in [0.15, 0.2) is 47.4 Å². The van der Waals surface area contributed by atoms with E-state index in [1.54, 1.807) is 0 Å². The van der Waals surface area contributed by atoms with E-state index >= 15 is 0 Å². The van der Waals surface area contributed by atoms with Crippen LogP contribution in [0.25, 0.3) is 0 Å². The Morgan fingerprint density at radius 1 is 1.07 bits per heavy atom. The first-order valence-corrected chi connectivity index (χ1v) is 11.4. The Kier molecular flexibility index (Phi) is 7.63. The van der Waals surface area contributed by atoms with Crippen molar-refractivity contribution in [1.82, 2.24) is 5.32 Å². The van der Waals surface area contributed by atoms with Crippen molar-refractivity contribution >= 4 is 33.0 Å². The van der Waals surface area contributed by atoms with Gasteiger partial charge in [0.2, 0.25) is 5.91 Å². The van der Waals surface area contributed by atoms with E-state index in [4.69, 9.17) is 11.6 Å².